The summed E-state index contributed by atoms with van der Waals surface area (Å²) in [5.41, 5.74) is 1.50. The Hall–Kier alpha value is -1.21. The van der Waals surface area contributed by atoms with Gasteiger partial charge >= 0.3 is 10.1 Å². The van der Waals surface area contributed by atoms with E-state index in [2.05, 4.69) is 16.4 Å². The number of rotatable bonds is 3. The van der Waals surface area contributed by atoms with Crippen LogP contribution in [0.2, 0.25) is 0 Å². The molecule has 104 valence electrons. The molecule has 1 aromatic rings. The molecule has 0 radical (unpaired) electrons. The van der Waals surface area contributed by atoms with Crippen LogP contribution in [0, 0.1) is 0 Å². The predicted molar refractivity (Wildman–Crippen MR) is 75.4 cm³/mol. The van der Waals surface area contributed by atoms with E-state index < -0.39 is 10.1 Å². The number of ether oxygens (including phenoxy) is 1. The molecule has 0 aromatic heterocycles. The van der Waals surface area contributed by atoms with Gasteiger partial charge in [-0.15, -0.1) is 11.8 Å². The highest BCUT2D eigenvalue weighted by molar-refractivity contribution is 8.00. The summed E-state index contributed by atoms with van der Waals surface area (Å²) in [5.74, 6) is 0.709. The third-order valence-corrected chi connectivity index (χ3v) is 4.11. The van der Waals surface area contributed by atoms with Crippen LogP contribution < -0.4 is 4.74 Å². The molecular weight excluding hydrogens is 286 g/mol. The number of benzene rings is 1. The van der Waals surface area contributed by atoms with E-state index in [1.165, 1.54) is 0 Å². The van der Waals surface area contributed by atoms with Gasteiger partial charge in [-0.1, -0.05) is 12.1 Å². The van der Waals surface area contributed by atoms with E-state index in [9.17, 15) is 8.42 Å². The molecule has 1 aliphatic rings. The molecule has 7 heteroatoms. The standard InChI is InChI=1S/C12H15NO4S2/c1-8-6-11(13-17-19(3,14)15)10-7-9(16-2)4-5-12(10)18-8/h4-5,7-8H,6H2,1-3H3/b13-11+. The topological polar surface area (TPSA) is 65.0 Å². The lowest BCUT2D eigenvalue weighted by Gasteiger charge is -2.22. The summed E-state index contributed by atoms with van der Waals surface area (Å²) in [6.07, 6.45) is 1.63. The van der Waals surface area contributed by atoms with Crippen molar-refractivity contribution < 1.29 is 17.4 Å². The molecule has 0 amide bonds. The molecule has 1 aliphatic heterocycles. The largest absolute Gasteiger partial charge is 0.497 e. The van der Waals surface area contributed by atoms with Gasteiger partial charge in [0.05, 0.1) is 19.1 Å². The second kappa shape index (κ2) is 5.42. The van der Waals surface area contributed by atoms with E-state index >= 15 is 0 Å². The maximum Gasteiger partial charge on any atom is 0.325 e. The summed E-state index contributed by atoms with van der Waals surface area (Å²) in [7, 11) is -2.00. The van der Waals surface area contributed by atoms with Crippen LogP contribution in [0.25, 0.3) is 0 Å². The summed E-state index contributed by atoms with van der Waals surface area (Å²) < 4.78 is 31.8. The van der Waals surface area contributed by atoms with Crippen molar-refractivity contribution in [3.05, 3.63) is 23.8 Å². The second-order valence-electron chi connectivity index (χ2n) is 4.31. The Labute approximate surface area is 117 Å². The summed E-state index contributed by atoms with van der Waals surface area (Å²) in [5, 5.41) is 4.10. The van der Waals surface area contributed by atoms with Gasteiger partial charge in [0.15, 0.2) is 0 Å². The van der Waals surface area contributed by atoms with Gasteiger partial charge in [-0.25, -0.2) is 0 Å². The monoisotopic (exact) mass is 301 g/mol. The van der Waals surface area contributed by atoms with E-state index in [0.29, 0.717) is 23.1 Å². The van der Waals surface area contributed by atoms with Crippen molar-refractivity contribution in [3.8, 4) is 5.75 Å². The molecule has 2 rings (SSSR count). The van der Waals surface area contributed by atoms with Crippen LogP contribution >= 0.6 is 11.8 Å². The molecular formula is C12H15NO4S2. The Morgan fingerprint density at radius 1 is 1.42 bits per heavy atom. The number of fused-ring (bicyclic) bond motifs is 1. The zero-order valence-electron chi connectivity index (χ0n) is 10.9. The van der Waals surface area contributed by atoms with Gasteiger partial charge in [0.1, 0.15) is 5.75 Å². The fourth-order valence-electron chi connectivity index (χ4n) is 1.80. The number of hydrogen-bond donors (Lipinski definition) is 0. The molecule has 0 saturated heterocycles. The summed E-state index contributed by atoms with van der Waals surface area (Å²) in [6.45, 7) is 2.06. The molecule has 5 nitrogen and oxygen atoms in total. The quantitative estimate of drug-likeness (QED) is 0.801. The lowest BCUT2D eigenvalue weighted by atomic mass is 10.0. The molecule has 1 aromatic carbocycles. The van der Waals surface area contributed by atoms with Crippen molar-refractivity contribution in [2.45, 2.75) is 23.5 Å². The number of thioether (sulfide) groups is 1. The number of methoxy groups -OCH3 is 1. The molecule has 0 saturated carbocycles. The minimum Gasteiger partial charge on any atom is -0.497 e. The van der Waals surface area contributed by atoms with Crippen molar-refractivity contribution in [2.75, 3.05) is 13.4 Å². The third kappa shape index (κ3) is 3.63. The summed E-state index contributed by atoms with van der Waals surface area (Å²) >= 11 is 1.73. The summed E-state index contributed by atoms with van der Waals surface area (Å²) in [4.78, 5) is 1.05. The van der Waals surface area contributed by atoms with Crippen molar-refractivity contribution >= 4 is 27.6 Å². The van der Waals surface area contributed by atoms with Crippen molar-refractivity contribution in [3.63, 3.8) is 0 Å². The van der Waals surface area contributed by atoms with Gasteiger partial charge in [-0.2, -0.15) is 8.42 Å². The Morgan fingerprint density at radius 3 is 2.79 bits per heavy atom. The van der Waals surface area contributed by atoms with Crippen LogP contribution in [0.1, 0.15) is 18.9 Å². The van der Waals surface area contributed by atoms with Crippen molar-refractivity contribution in [1.29, 1.82) is 0 Å². The van der Waals surface area contributed by atoms with Crippen molar-refractivity contribution in [2.24, 2.45) is 5.16 Å². The van der Waals surface area contributed by atoms with Crippen LogP contribution in [0.4, 0.5) is 0 Å². The molecule has 0 N–H and O–H groups in total. The number of nitrogens with zero attached hydrogens (tertiary/aromatic N) is 1. The van der Waals surface area contributed by atoms with E-state index in [4.69, 9.17) is 4.74 Å². The first kappa shape index (κ1) is 14.2. The zero-order valence-corrected chi connectivity index (χ0v) is 12.5. The van der Waals surface area contributed by atoms with Gasteiger partial charge in [-0.05, 0) is 18.2 Å². The van der Waals surface area contributed by atoms with E-state index in [-0.39, 0.29) is 0 Å². The van der Waals surface area contributed by atoms with Crippen LogP contribution in [-0.4, -0.2) is 32.7 Å². The molecule has 0 aliphatic carbocycles. The molecule has 0 bridgehead atoms. The predicted octanol–water partition coefficient (Wildman–Crippen LogP) is 2.26. The van der Waals surface area contributed by atoms with E-state index in [1.54, 1.807) is 18.9 Å². The smallest absolute Gasteiger partial charge is 0.325 e. The fourth-order valence-corrected chi connectivity index (χ4v) is 3.15. The highest BCUT2D eigenvalue weighted by Gasteiger charge is 2.23. The maximum atomic E-state index is 11.0. The normalized spacial score (nSPS) is 21.0. The molecule has 19 heavy (non-hydrogen) atoms. The molecule has 0 fully saturated rings. The van der Waals surface area contributed by atoms with Gasteiger partial charge < -0.3 is 4.74 Å². The third-order valence-electron chi connectivity index (χ3n) is 2.59. The average molecular weight is 301 g/mol. The lowest BCUT2D eigenvalue weighted by molar-refractivity contribution is 0.342. The SMILES string of the molecule is COc1ccc2c(c1)/C(=N/OS(C)(=O)=O)CC(C)S2. The van der Waals surface area contributed by atoms with E-state index in [0.717, 1.165) is 16.7 Å². The molecule has 1 atom stereocenters. The number of oxime groups is 1. The minimum atomic E-state index is -3.58. The highest BCUT2D eigenvalue weighted by atomic mass is 32.2. The molecule has 0 spiro atoms. The Balaban J connectivity index is 2.41. The fraction of sp³-hybridized carbons (Fsp3) is 0.417. The van der Waals surface area contributed by atoms with Crippen molar-refractivity contribution in [1.82, 2.24) is 0 Å². The van der Waals surface area contributed by atoms with E-state index in [1.807, 2.05) is 18.2 Å². The molecule has 1 heterocycles. The van der Waals surface area contributed by atoms with Gasteiger partial charge in [0.25, 0.3) is 0 Å². The first-order valence-electron chi connectivity index (χ1n) is 5.69. The maximum absolute atomic E-state index is 11.0. The van der Waals surface area contributed by atoms with Gasteiger partial charge in [0, 0.05) is 22.1 Å². The molecule has 1 unspecified atom stereocenters. The number of hydrogen-bond acceptors (Lipinski definition) is 6. The van der Waals surface area contributed by atoms with Gasteiger partial charge in [0.2, 0.25) is 0 Å². The summed E-state index contributed by atoms with van der Waals surface area (Å²) in [6, 6.07) is 5.67. The Kier molecular flexibility index (Phi) is 4.05. The lowest BCUT2D eigenvalue weighted by Crippen LogP contribution is -2.17. The first-order chi connectivity index (χ1) is 8.89. The van der Waals surface area contributed by atoms with Crippen LogP contribution in [0.5, 0.6) is 5.75 Å². The zero-order chi connectivity index (χ0) is 14.0. The second-order valence-corrected chi connectivity index (χ2v) is 7.35. The highest BCUT2D eigenvalue weighted by Crippen LogP contribution is 2.37. The average Bonchev–Trinajstić information content (AvgIpc) is 2.34. The van der Waals surface area contributed by atoms with Crippen LogP contribution in [-0.2, 0) is 14.4 Å². The first-order valence-corrected chi connectivity index (χ1v) is 8.39. The van der Waals surface area contributed by atoms with Gasteiger partial charge in [-0.3, -0.25) is 4.28 Å². The Bertz CT molecular complexity index is 610. The van der Waals surface area contributed by atoms with Crippen LogP contribution in [0.15, 0.2) is 28.3 Å². The Morgan fingerprint density at radius 2 is 2.16 bits per heavy atom. The van der Waals surface area contributed by atoms with Crippen LogP contribution in [0.3, 0.4) is 0 Å². The minimum absolute atomic E-state index is 0.322.